The molecule has 1 N–H and O–H groups in total. The smallest absolute Gasteiger partial charge is 0.325 e. The van der Waals surface area contributed by atoms with Gasteiger partial charge in [-0.05, 0) is 18.6 Å². The highest BCUT2D eigenvalue weighted by Crippen LogP contribution is 2.32. The summed E-state index contributed by atoms with van der Waals surface area (Å²) < 4.78 is 10.3. The van der Waals surface area contributed by atoms with E-state index in [-0.39, 0.29) is 12.5 Å². The van der Waals surface area contributed by atoms with Gasteiger partial charge in [0.1, 0.15) is 13.2 Å². The van der Waals surface area contributed by atoms with Crippen molar-refractivity contribution < 1.29 is 19.1 Å². The SMILES string of the molecule is CCCN(CC(=O)OC)C(=O)c1cccc2c1OCCN2. The fourth-order valence-electron chi connectivity index (χ4n) is 2.25. The van der Waals surface area contributed by atoms with Gasteiger partial charge >= 0.3 is 5.97 Å². The van der Waals surface area contributed by atoms with Gasteiger partial charge in [0.25, 0.3) is 5.91 Å². The number of anilines is 1. The van der Waals surface area contributed by atoms with Crippen LogP contribution in [0.1, 0.15) is 23.7 Å². The van der Waals surface area contributed by atoms with Crippen molar-refractivity contribution in [2.45, 2.75) is 13.3 Å². The summed E-state index contributed by atoms with van der Waals surface area (Å²) in [6.07, 6.45) is 0.761. The van der Waals surface area contributed by atoms with Crippen LogP contribution in [0.15, 0.2) is 18.2 Å². The van der Waals surface area contributed by atoms with Gasteiger partial charge in [0.2, 0.25) is 0 Å². The molecule has 1 heterocycles. The Hall–Kier alpha value is -2.24. The van der Waals surface area contributed by atoms with Crippen LogP contribution in [0.2, 0.25) is 0 Å². The number of carbonyl (C=O) groups excluding carboxylic acids is 2. The molecule has 1 aliphatic rings. The number of rotatable bonds is 5. The number of hydrogen-bond acceptors (Lipinski definition) is 5. The molecule has 0 saturated carbocycles. The number of methoxy groups -OCH3 is 1. The standard InChI is InChI=1S/C15H20N2O4/c1-3-8-17(10-13(18)20-2)15(19)11-5-4-6-12-14(11)21-9-7-16-12/h4-6,16H,3,7-10H2,1-2H3. The molecule has 0 aliphatic carbocycles. The van der Waals surface area contributed by atoms with Crippen LogP contribution in [0.4, 0.5) is 5.69 Å². The van der Waals surface area contributed by atoms with E-state index in [1.807, 2.05) is 13.0 Å². The van der Waals surface area contributed by atoms with Crippen molar-refractivity contribution in [2.75, 3.05) is 38.7 Å². The third kappa shape index (κ3) is 3.45. The number of hydrogen-bond donors (Lipinski definition) is 1. The fraction of sp³-hybridized carbons (Fsp3) is 0.467. The van der Waals surface area contributed by atoms with Crippen LogP contribution >= 0.6 is 0 Å². The maximum atomic E-state index is 12.7. The predicted octanol–water partition coefficient (Wildman–Crippen LogP) is 1.52. The van der Waals surface area contributed by atoms with Crippen LogP contribution in [0.5, 0.6) is 5.75 Å². The van der Waals surface area contributed by atoms with Gasteiger partial charge in [-0.3, -0.25) is 9.59 Å². The number of para-hydroxylation sites is 1. The molecule has 1 amide bonds. The van der Waals surface area contributed by atoms with Crippen molar-refractivity contribution in [3.8, 4) is 5.75 Å². The van der Waals surface area contributed by atoms with Crippen LogP contribution in [0, 0.1) is 0 Å². The summed E-state index contributed by atoms with van der Waals surface area (Å²) >= 11 is 0. The van der Waals surface area contributed by atoms with Crippen molar-refractivity contribution in [1.82, 2.24) is 4.90 Å². The summed E-state index contributed by atoms with van der Waals surface area (Å²) in [4.78, 5) is 25.6. The molecule has 114 valence electrons. The number of nitrogens with zero attached hydrogens (tertiary/aromatic N) is 1. The lowest BCUT2D eigenvalue weighted by Crippen LogP contribution is -2.37. The number of esters is 1. The molecular weight excluding hydrogens is 272 g/mol. The molecule has 1 aromatic carbocycles. The van der Waals surface area contributed by atoms with E-state index in [2.05, 4.69) is 10.1 Å². The highest BCUT2D eigenvalue weighted by atomic mass is 16.5. The molecule has 0 spiro atoms. The lowest BCUT2D eigenvalue weighted by molar-refractivity contribution is -0.141. The van der Waals surface area contributed by atoms with Gasteiger partial charge in [-0.2, -0.15) is 0 Å². The maximum absolute atomic E-state index is 12.7. The molecule has 2 rings (SSSR count). The van der Waals surface area contributed by atoms with E-state index in [1.54, 1.807) is 12.1 Å². The van der Waals surface area contributed by atoms with Gasteiger partial charge in [0, 0.05) is 13.1 Å². The Balaban J connectivity index is 2.26. The number of benzene rings is 1. The van der Waals surface area contributed by atoms with Crippen molar-refractivity contribution in [2.24, 2.45) is 0 Å². The molecule has 0 unspecified atom stereocenters. The minimum absolute atomic E-state index is 0.0553. The molecule has 1 aliphatic heterocycles. The first kappa shape index (κ1) is 15.2. The molecule has 0 radical (unpaired) electrons. The maximum Gasteiger partial charge on any atom is 0.325 e. The van der Waals surface area contributed by atoms with Gasteiger partial charge in [-0.15, -0.1) is 0 Å². The van der Waals surface area contributed by atoms with Crippen LogP contribution in [0.25, 0.3) is 0 Å². The minimum atomic E-state index is -0.430. The first-order chi connectivity index (χ1) is 10.2. The quantitative estimate of drug-likeness (QED) is 0.833. The van der Waals surface area contributed by atoms with Crippen LogP contribution < -0.4 is 10.1 Å². The summed E-state index contributed by atoms with van der Waals surface area (Å²) in [5, 5.41) is 3.19. The summed E-state index contributed by atoms with van der Waals surface area (Å²) in [5.74, 6) is -0.0943. The monoisotopic (exact) mass is 292 g/mol. The number of fused-ring (bicyclic) bond motifs is 1. The molecule has 0 fully saturated rings. The van der Waals surface area contributed by atoms with E-state index in [0.29, 0.717) is 31.0 Å². The van der Waals surface area contributed by atoms with Crippen molar-refractivity contribution in [1.29, 1.82) is 0 Å². The van der Waals surface area contributed by atoms with Gasteiger partial charge in [0.15, 0.2) is 5.75 Å². The van der Waals surface area contributed by atoms with Gasteiger partial charge in [0.05, 0.1) is 18.4 Å². The Morgan fingerprint density at radius 1 is 1.43 bits per heavy atom. The van der Waals surface area contributed by atoms with E-state index in [4.69, 9.17) is 4.74 Å². The highest BCUT2D eigenvalue weighted by molar-refractivity contribution is 6.00. The summed E-state index contributed by atoms with van der Waals surface area (Å²) in [5.41, 5.74) is 1.28. The second-order valence-electron chi connectivity index (χ2n) is 4.76. The lowest BCUT2D eigenvalue weighted by Gasteiger charge is -2.25. The molecule has 0 bridgehead atoms. The lowest BCUT2D eigenvalue weighted by atomic mass is 10.1. The van der Waals surface area contributed by atoms with Crippen LogP contribution in [0.3, 0.4) is 0 Å². The number of nitrogens with one attached hydrogen (secondary N) is 1. The van der Waals surface area contributed by atoms with Gasteiger partial charge in [-0.25, -0.2) is 0 Å². The van der Waals surface area contributed by atoms with Gasteiger partial charge in [-0.1, -0.05) is 13.0 Å². The fourth-order valence-corrected chi connectivity index (χ4v) is 2.25. The zero-order valence-corrected chi connectivity index (χ0v) is 12.3. The Kier molecular flexibility index (Phi) is 5.03. The first-order valence-corrected chi connectivity index (χ1v) is 7.03. The molecular formula is C15H20N2O4. The topological polar surface area (TPSA) is 67.9 Å². The van der Waals surface area contributed by atoms with Crippen molar-refractivity contribution >= 4 is 17.6 Å². The average Bonchev–Trinajstić information content (AvgIpc) is 2.53. The molecule has 0 saturated heterocycles. The molecule has 21 heavy (non-hydrogen) atoms. The Labute approximate surface area is 124 Å². The summed E-state index contributed by atoms with van der Waals surface area (Å²) in [6, 6.07) is 5.39. The minimum Gasteiger partial charge on any atom is -0.489 e. The van der Waals surface area contributed by atoms with Crippen molar-refractivity contribution in [3.63, 3.8) is 0 Å². The second kappa shape index (κ2) is 6.97. The van der Waals surface area contributed by atoms with E-state index in [1.165, 1.54) is 12.0 Å². The summed E-state index contributed by atoms with van der Waals surface area (Å²) in [7, 11) is 1.31. The Bertz CT molecular complexity index is 530. The van der Waals surface area contributed by atoms with E-state index >= 15 is 0 Å². The number of carbonyl (C=O) groups is 2. The predicted molar refractivity (Wildman–Crippen MR) is 78.6 cm³/mol. The molecule has 0 aromatic heterocycles. The average molecular weight is 292 g/mol. The zero-order chi connectivity index (χ0) is 15.2. The summed E-state index contributed by atoms with van der Waals surface area (Å²) in [6.45, 7) is 3.62. The third-order valence-electron chi connectivity index (χ3n) is 3.24. The molecule has 6 nitrogen and oxygen atoms in total. The van der Waals surface area contributed by atoms with Gasteiger partial charge < -0.3 is 19.7 Å². The largest absolute Gasteiger partial charge is 0.489 e. The number of ether oxygens (including phenoxy) is 2. The Morgan fingerprint density at radius 3 is 2.95 bits per heavy atom. The highest BCUT2D eigenvalue weighted by Gasteiger charge is 2.24. The van der Waals surface area contributed by atoms with E-state index in [9.17, 15) is 9.59 Å². The first-order valence-electron chi connectivity index (χ1n) is 7.03. The zero-order valence-electron chi connectivity index (χ0n) is 12.3. The molecule has 0 atom stereocenters. The van der Waals surface area contributed by atoms with Crippen LogP contribution in [-0.4, -0.2) is 50.1 Å². The third-order valence-corrected chi connectivity index (χ3v) is 3.24. The number of amides is 1. The second-order valence-corrected chi connectivity index (χ2v) is 4.76. The molecule has 6 heteroatoms. The van der Waals surface area contributed by atoms with E-state index in [0.717, 1.165) is 12.1 Å². The molecule has 1 aromatic rings. The van der Waals surface area contributed by atoms with E-state index < -0.39 is 5.97 Å². The normalized spacial score (nSPS) is 12.7. The Morgan fingerprint density at radius 2 is 2.24 bits per heavy atom. The van der Waals surface area contributed by atoms with Crippen molar-refractivity contribution in [3.05, 3.63) is 23.8 Å². The van der Waals surface area contributed by atoms with Crippen LogP contribution in [-0.2, 0) is 9.53 Å².